The SMILES string of the molecule is Cc1cnc(C(C)Nc2ccc(S(N)(=O)=O)cc2N)o1. The number of sulfonamides is 1. The molecule has 20 heavy (non-hydrogen) atoms. The second-order valence-corrected chi connectivity index (χ2v) is 6.03. The van der Waals surface area contributed by atoms with Crippen molar-refractivity contribution in [2.75, 3.05) is 11.1 Å². The Morgan fingerprint density at radius 2 is 2.10 bits per heavy atom. The third kappa shape index (κ3) is 3.09. The van der Waals surface area contributed by atoms with E-state index < -0.39 is 10.0 Å². The number of primary sulfonamides is 1. The number of nitrogens with one attached hydrogen (secondary N) is 1. The number of aryl methyl sites for hydroxylation is 1. The lowest BCUT2D eigenvalue weighted by Crippen LogP contribution is -2.13. The van der Waals surface area contributed by atoms with Crippen molar-refractivity contribution < 1.29 is 12.8 Å². The summed E-state index contributed by atoms with van der Waals surface area (Å²) in [5.74, 6) is 1.24. The minimum Gasteiger partial charge on any atom is -0.444 e. The molecule has 0 saturated carbocycles. The minimum atomic E-state index is -3.76. The quantitative estimate of drug-likeness (QED) is 0.732. The molecule has 1 aromatic heterocycles. The van der Waals surface area contributed by atoms with E-state index >= 15 is 0 Å². The van der Waals surface area contributed by atoms with Gasteiger partial charge in [-0.15, -0.1) is 0 Å². The first-order valence-electron chi connectivity index (χ1n) is 5.88. The number of benzene rings is 1. The molecule has 2 rings (SSSR count). The van der Waals surface area contributed by atoms with Gasteiger partial charge in [0.25, 0.3) is 0 Å². The molecule has 1 heterocycles. The maximum absolute atomic E-state index is 11.2. The summed E-state index contributed by atoms with van der Waals surface area (Å²) >= 11 is 0. The van der Waals surface area contributed by atoms with Gasteiger partial charge in [0.15, 0.2) is 0 Å². The van der Waals surface area contributed by atoms with Crippen molar-refractivity contribution in [3.05, 3.63) is 36.0 Å². The summed E-state index contributed by atoms with van der Waals surface area (Å²) in [6.45, 7) is 3.66. The topological polar surface area (TPSA) is 124 Å². The lowest BCUT2D eigenvalue weighted by atomic mass is 10.2. The lowest BCUT2D eigenvalue weighted by Gasteiger charge is -2.14. The van der Waals surface area contributed by atoms with E-state index in [1.54, 1.807) is 19.2 Å². The predicted molar refractivity (Wildman–Crippen MR) is 75.5 cm³/mol. The molecule has 1 unspecified atom stereocenters. The molecule has 0 bridgehead atoms. The molecule has 0 amide bonds. The van der Waals surface area contributed by atoms with Gasteiger partial charge in [0.2, 0.25) is 15.9 Å². The van der Waals surface area contributed by atoms with Crippen LogP contribution >= 0.6 is 0 Å². The van der Waals surface area contributed by atoms with Crippen LogP contribution in [0.5, 0.6) is 0 Å². The molecule has 0 radical (unpaired) electrons. The van der Waals surface area contributed by atoms with Gasteiger partial charge < -0.3 is 15.5 Å². The number of hydrogen-bond acceptors (Lipinski definition) is 6. The largest absolute Gasteiger partial charge is 0.444 e. The Bertz CT molecular complexity index is 724. The molecule has 0 fully saturated rings. The Morgan fingerprint density at radius 1 is 1.40 bits per heavy atom. The first-order chi connectivity index (χ1) is 9.27. The monoisotopic (exact) mass is 296 g/mol. The highest BCUT2D eigenvalue weighted by atomic mass is 32.2. The molecule has 2 aromatic rings. The van der Waals surface area contributed by atoms with Crippen molar-refractivity contribution in [3.63, 3.8) is 0 Å². The summed E-state index contributed by atoms with van der Waals surface area (Å²) in [6, 6.07) is 4.06. The van der Waals surface area contributed by atoms with Gasteiger partial charge in [-0.3, -0.25) is 0 Å². The highest BCUT2D eigenvalue weighted by molar-refractivity contribution is 7.89. The van der Waals surface area contributed by atoms with Crippen molar-refractivity contribution in [1.82, 2.24) is 4.98 Å². The van der Waals surface area contributed by atoms with Crippen molar-refractivity contribution in [2.45, 2.75) is 24.8 Å². The average molecular weight is 296 g/mol. The highest BCUT2D eigenvalue weighted by Gasteiger charge is 2.14. The van der Waals surface area contributed by atoms with Crippen LogP contribution in [0.4, 0.5) is 11.4 Å². The van der Waals surface area contributed by atoms with Crippen molar-refractivity contribution in [1.29, 1.82) is 0 Å². The van der Waals surface area contributed by atoms with E-state index in [2.05, 4.69) is 10.3 Å². The fourth-order valence-corrected chi connectivity index (χ4v) is 2.27. The molecule has 108 valence electrons. The molecular formula is C12H16N4O3S. The van der Waals surface area contributed by atoms with Crippen LogP contribution in [-0.2, 0) is 10.0 Å². The smallest absolute Gasteiger partial charge is 0.238 e. The molecule has 0 aliphatic rings. The summed E-state index contributed by atoms with van der Waals surface area (Å²) in [5, 5.41) is 8.14. The number of nitrogens with two attached hydrogens (primary N) is 2. The third-order valence-electron chi connectivity index (χ3n) is 2.73. The second-order valence-electron chi connectivity index (χ2n) is 4.47. The van der Waals surface area contributed by atoms with Crippen LogP contribution < -0.4 is 16.2 Å². The van der Waals surface area contributed by atoms with Crippen molar-refractivity contribution >= 4 is 21.4 Å². The number of anilines is 2. The number of rotatable bonds is 4. The fourth-order valence-electron chi connectivity index (χ4n) is 1.72. The van der Waals surface area contributed by atoms with Gasteiger partial charge in [-0.2, -0.15) is 0 Å². The number of nitrogens with zero attached hydrogens (tertiary/aromatic N) is 1. The summed E-state index contributed by atoms with van der Waals surface area (Å²) in [4.78, 5) is 4.08. The van der Waals surface area contributed by atoms with Crippen LogP contribution in [0.25, 0.3) is 0 Å². The van der Waals surface area contributed by atoms with Gasteiger partial charge in [0.1, 0.15) is 11.8 Å². The van der Waals surface area contributed by atoms with E-state index in [4.69, 9.17) is 15.3 Å². The molecular weight excluding hydrogens is 280 g/mol. The molecule has 8 heteroatoms. The Balaban J connectivity index is 2.22. The first kappa shape index (κ1) is 14.4. The zero-order valence-electron chi connectivity index (χ0n) is 11.1. The molecule has 1 aromatic carbocycles. The van der Waals surface area contributed by atoms with E-state index in [1.165, 1.54) is 12.1 Å². The molecule has 0 aliphatic carbocycles. The standard InChI is InChI=1S/C12H16N4O3S/c1-7-6-15-12(19-7)8(2)16-11-4-3-9(5-10(11)13)20(14,17)18/h3-6,8,16H,13H2,1-2H3,(H2,14,17,18). The summed E-state index contributed by atoms with van der Waals surface area (Å²) in [5.41, 5.74) is 6.68. The van der Waals surface area contributed by atoms with Crippen molar-refractivity contribution in [3.8, 4) is 0 Å². The maximum atomic E-state index is 11.2. The van der Waals surface area contributed by atoms with Gasteiger partial charge in [-0.25, -0.2) is 18.5 Å². The highest BCUT2D eigenvalue weighted by Crippen LogP contribution is 2.26. The molecule has 7 nitrogen and oxygen atoms in total. The number of oxazole rings is 1. The summed E-state index contributed by atoms with van der Waals surface area (Å²) in [6.07, 6.45) is 1.63. The Labute approximate surface area is 117 Å². The van der Waals surface area contributed by atoms with Crippen LogP contribution in [0, 0.1) is 6.92 Å². The average Bonchev–Trinajstić information content (AvgIpc) is 2.77. The molecule has 0 aliphatic heterocycles. The normalized spacial score (nSPS) is 13.2. The van der Waals surface area contributed by atoms with E-state index in [0.717, 1.165) is 0 Å². The number of hydrogen-bond donors (Lipinski definition) is 3. The molecule has 0 spiro atoms. The van der Waals surface area contributed by atoms with Gasteiger partial charge in [-0.1, -0.05) is 0 Å². The first-order valence-corrected chi connectivity index (χ1v) is 7.43. The fraction of sp³-hybridized carbons (Fsp3) is 0.250. The van der Waals surface area contributed by atoms with Gasteiger partial charge in [-0.05, 0) is 32.0 Å². The van der Waals surface area contributed by atoms with Crippen LogP contribution in [0.15, 0.2) is 33.7 Å². The Morgan fingerprint density at radius 3 is 2.60 bits per heavy atom. The molecule has 0 saturated heterocycles. The van der Waals surface area contributed by atoms with E-state index in [1.807, 2.05) is 6.92 Å². The van der Waals surface area contributed by atoms with Crippen LogP contribution in [0.2, 0.25) is 0 Å². The van der Waals surface area contributed by atoms with Crippen LogP contribution in [0.1, 0.15) is 24.6 Å². The maximum Gasteiger partial charge on any atom is 0.238 e. The van der Waals surface area contributed by atoms with Gasteiger partial charge in [0.05, 0.1) is 22.5 Å². The van der Waals surface area contributed by atoms with Crippen LogP contribution in [0.3, 0.4) is 0 Å². The molecule has 1 atom stereocenters. The predicted octanol–water partition coefficient (Wildman–Crippen LogP) is 1.39. The van der Waals surface area contributed by atoms with Gasteiger partial charge >= 0.3 is 0 Å². The van der Waals surface area contributed by atoms with E-state index in [9.17, 15) is 8.42 Å². The number of aromatic nitrogens is 1. The Kier molecular flexibility index (Phi) is 3.69. The Hall–Kier alpha value is -2.06. The zero-order valence-corrected chi connectivity index (χ0v) is 11.9. The minimum absolute atomic E-state index is 0.0276. The van der Waals surface area contributed by atoms with E-state index in [-0.39, 0.29) is 16.6 Å². The van der Waals surface area contributed by atoms with Gasteiger partial charge in [0, 0.05) is 0 Å². The summed E-state index contributed by atoms with van der Waals surface area (Å²) in [7, 11) is -3.76. The second kappa shape index (κ2) is 5.14. The summed E-state index contributed by atoms with van der Waals surface area (Å²) < 4.78 is 27.8. The zero-order chi connectivity index (χ0) is 14.9. The van der Waals surface area contributed by atoms with Crippen molar-refractivity contribution in [2.24, 2.45) is 5.14 Å². The van der Waals surface area contributed by atoms with Crippen LogP contribution in [-0.4, -0.2) is 13.4 Å². The number of nitrogen functional groups attached to an aromatic ring is 1. The molecule has 5 N–H and O–H groups in total. The third-order valence-corrected chi connectivity index (χ3v) is 3.64. The lowest BCUT2D eigenvalue weighted by molar-refractivity contribution is 0.454. The van der Waals surface area contributed by atoms with E-state index in [0.29, 0.717) is 17.3 Å².